The van der Waals surface area contributed by atoms with E-state index in [-0.39, 0.29) is 5.92 Å². The van der Waals surface area contributed by atoms with Crippen LogP contribution in [0.15, 0.2) is 18.2 Å². The molecule has 2 heterocycles. The summed E-state index contributed by atoms with van der Waals surface area (Å²) in [5.74, 6) is 0.674. The van der Waals surface area contributed by atoms with Crippen LogP contribution in [0.3, 0.4) is 0 Å². The topological polar surface area (TPSA) is 17.1 Å². The summed E-state index contributed by atoms with van der Waals surface area (Å²) in [4.78, 5) is 12.8. The van der Waals surface area contributed by atoms with Gasteiger partial charge in [0.1, 0.15) is 0 Å². The number of benzene rings is 1. The highest BCUT2D eigenvalue weighted by Gasteiger charge is 2.36. The number of fused-ring (bicyclic) bond motifs is 2. The Bertz CT molecular complexity index is 482. The minimum Gasteiger partial charge on any atom is -0.294 e. The van der Waals surface area contributed by atoms with Gasteiger partial charge in [0.05, 0.1) is 0 Å². The Morgan fingerprint density at radius 1 is 1.16 bits per heavy atom. The van der Waals surface area contributed by atoms with Crippen LogP contribution in [0, 0.1) is 19.8 Å². The first-order valence-electron chi connectivity index (χ1n) is 7.40. The van der Waals surface area contributed by atoms with E-state index in [1.165, 1.54) is 24.8 Å². The highest BCUT2D eigenvalue weighted by atomic mass is 32.2. The Morgan fingerprint density at radius 3 is 2.47 bits per heavy atom. The number of aryl methyl sites for hydroxylation is 2. The molecule has 0 saturated carbocycles. The number of carbonyl (C=O) groups is 1. The Hall–Kier alpha value is -0.760. The summed E-state index contributed by atoms with van der Waals surface area (Å²) in [5.41, 5.74) is 3.35. The lowest BCUT2D eigenvalue weighted by atomic mass is 9.83. The summed E-state index contributed by atoms with van der Waals surface area (Å²) in [6, 6.07) is 6.23. The molecule has 1 nitrogen and oxygen atoms in total. The molecule has 2 bridgehead atoms. The van der Waals surface area contributed by atoms with Crippen LogP contribution in [0.25, 0.3) is 0 Å². The summed E-state index contributed by atoms with van der Waals surface area (Å²) in [7, 11) is 0. The van der Waals surface area contributed by atoms with Gasteiger partial charge in [-0.1, -0.05) is 30.2 Å². The van der Waals surface area contributed by atoms with Gasteiger partial charge >= 0.3 is 0 Å². The summed E-state index contributed by atoms with van der Waals surface area (Å²) in [5, 5.41) is 1.49. The van der Waals surface area contributed by atoms with E-state index in [0.717, 1.165) is 34.5 Å². The zero-order valence-electron chi connectivity index (χ0n) is 11.8. The second-order valence-electron chi connectivity index (χ2n) is 6.16. The molecular formula is C17H22OS. The van der Waals surface area contributed by atoms with Crippen LogP contribution in [0.2, 0.25) is 0 Å². The van der Waals surface area contributed by atoms with E-state index in [2.05, 4.69) is 37.7 Å². The monoisotopic (exact) mass is 274 g/mol. The van der Waals surface area contributed by atoms with Crippen LogP contribution in [0.5, 0.6) is 0 Å². The van der Waals surface area contributed by atoms with Crippen molar-refractivity contribution in [3.05, 3.63) is 34.9 Å². The fourth-order valence-electron chi connectivity index (χ4n) is 3.58. The number of thioether (sulfide) groups is 1. The lowest BCUT2D eigenvalue weighted by Crippen LogP contribution is -2.33. The van der Waals surface area contributed by atoms with Crippen molar-refractivity contribution in [2.45, 2.75) is 56.5 Å². The number of hydrogen-bond acceptors (Lipinski definition) is 2. The van der Waals surface area contributed by atoms with E-state index in [0.29, 0.717) is 5.78 Å². The number of ketones is 1. The standard InChI is InChI=1S/C17H22OS/c1-11-6-7-16(12(2)8-11)17(18)13-9-14-4-3-5-15(10-13)19-14/h6-8,13-15H,3-5,9-10H2,1-2H3. The zero-order valence-corrected chi connectivity index (χ0v) is 12.6. The maximum Gasteiger partial charge on any atom is 0.166 e. The van der Waals surface area contributed by atoms with Crippen LogP contribution >= 0.6 is 11.8 Å². The normalized spacial score (nSPS) is 30.1. The molecule has 19 heavy (non-hydrogen) atoms. The van der Waals surface area contributed by atoms with Gasteiger partial charge in [-0.2, -0.15) is 11.8 Å². The van der Waals surface area contributed by atoms with Gasteiger partial charge in [0.25, 0.3) is 0 Å². The first kappa shape index (κ1) is 13.2. The largest absolute Gasteiger partial charge is 0.294 e. The van der Waals surface area contributed by atoms with Crippen molar-refractivity contribution in [2.75, 3.05) is 0 Å². The molecule has 0 radical (unpaired) electrons. The fraction of sp³-hybridized carbons (Fsp3) is 0.588. The van der Waals surface area contributed by atoms with Gasteiger partial charge in [-0.05, 0) is 45.1 Å². The van der Waals surface area contributed by atoms with Crippen molar-refractivity contribution in [3.63, 3.8) is 0 Å². The quantitative estimate of drug-likeness (QED) is 0.736. The number of rotatable bonds is 2. The summed E-state index contributed by atoms with van der Waals surface area (Å²) in [6.45, 7) is 4.15. The molecule has 3 rings (SSSR count). The molecule has 0 aliphatic carbocycles. The van der Waals surface area contributed by atoms with Gasteiger partial charge in [-0.25, -0.2) is 0 Å². The van der Waals surface area contributed by atoms with Crippen molar-refractivity contribution in [2.24, 2.45) is 5.92 Å². The highest BCUT2D eigenvalue weighted by molar-refractivity contribution is 8.00. The van der Waals surface area contributed by atoms with Crippen LogP contribution in [-0.4, -0.2) is 16.3 Å². The Morgan fingerprint density at radius 2 is 1.84 bits per heavy atom. The third kappa shape index (κ3) is 2.74. The van der Waals surface area contributed by atoms with Gasteiger partial charge in [0, 0.05) is 22.0 Å². The molecule has 2 atom stereocenters. The molecule has 0 amide bonds. The Balaban J connectivity index is 1.80. The molecule has 1 aromatic rings. The van der Waals surface area contributed by atoms with Crippen LogP contribution < -0.4 is 0 Å². The van der Waals surface area contributed by atoms with Crippen LogP contribution in [0.1, 0.15) is 53.6 Å². The van der Waals surface area contributed by atoms with Crippen molar-refractivity contribution in [3.8, 4) is 0 Å². The molecule has 0 spiro atoms. The number of Topliss-reactive ketones (excluding diaryl/α,β-unsaturated/α-hetero) is 1. The molecular weight excluding hydrogens is 252 g/mol. The summed E-state index contributed by atoms with van der Waals surface area (Å²) < 4.78 is 0. The maximum absolute atomic E-state index is 12.8. The van der Waals surface area contributed by atoms with Gasteiger partial charge in [-0.15, -0.1) is 0 Å². The first-order valence-corrected chi connectivity index (χ1v) is 8.34. The smallest absolute Gasteiger partial charge is 0.166 e. The summed E-state index contributed by atoms with van der Waals surface area (Å²) in [6.07, 6.45) is 6.21. The minimum atomic E-state index is 0.276. The third-order valence-corrected chi connectivity index (χ3v) is 6.18. The van der Waals surface area contributed by atoms with Gasteiger partial charge < -0.3 is 0 Å². The van der Waals surface area contributed by atoms with Crippen molar-refractivity contribution < 1.29 is 4.79 Å². The summed E-state index contributed by atoms with van der Waals surface area (Å²) >= 11 is 2.14. The van der Waals surface area contributed by atoms with Crippen LogP contribution in [-0.2, 0) is 0 Å². The van der Waals surface area contributed by atoms with Crippen LogP contribution in [0.4, 0.5) is 0 Å². The predicted octanol–water partition coefficient (Wildman–Crippen LogP) is 4.55. The van der Waals surface area contributed by atoms with Gasteiger partial charge in [0.15, 0.2) is 5.78 Å². The predicted molar refractivity (Wildman–Crippen MR) is 82.0 cm³/mol. The zero-order chi connectivity index (χ0) is 13.4. The molecule has 0 N–H and O–H groups in total. The molecule has 1 aromatic carbocycles. The SMILES string of the molecule is Cc1ccc(C(=O)C2CC3CCCC(C2)S3)c(C)c1. The molecule has 2 saturated heterocycles. The van der Waals surface area contributed by atoms with Crippen molar-refractivity contribution >= 4 is 17.5 Å². The number of carbonyl (C=O) groups excluding carboxylic acids is 1. The Kier molecular flexibility index (Phi) is 3.70. The van der Waals surface area contributed by atoms with E-state index in [9.17, 15) is 4.79 Å². The second-order valence-corrected chi connectivity index (χ2v) is 7.77. The van der Waals surface area contributed by atoms with E-state index >= 15 is 0 Å². The molecule has 2 unspecified atom stereocenters. The molecule has 2 fully saturated rings. The molecule has 2 aliphatic heterocycles. The average Bonchev–Trinajstić information content (AvgIpc) is 2.37. The van der Waals surface area contributed by atoms with Gasteiger partial charge in [0.2, 0.25) is 0 Å². The fourth-order valence-corrected chi connectivity index (χ4v) is 5.42. The maximum atomic E-state index is 12.8. The average molecular weight is 274 g/mol. The molecule has 0 aromatic heterocycles. The molecule has 2 aliphatic rings. The molecule has 2 heteroatoms. The lowest BCUT2D eigenvalue weighted by molar-refractivity contribution is 0.0896. The van der Waals surface area contributed by atoms with Crippen molar-refractivity contribution in [1.82, 2.24) is 0 Å². The minimum absolute atomic E-state index is 0.276. The van der Waals surface area contributed by atoms with E-state index in [1.54, 1.807) is 0 Å². The Labute approximate surface area is 120 Å². The van der Waals surface area contributed by atoms with Crippen molar-refractivity contribution in [1.29, 1.82) is 0 Å². The third-order valence-electron chi connectivity index (χ3n) is 4.55. The molecule has 102 valence electrons. The van der Waals surface area contributed by atoms with E-state index in [1.807, 2.05) is 6.07 Å². The lowest BCUT2D eigenvalue weighted by Gasteiger charge is -2.38. The van der Waals surface area contributed by atoms with E-state index in [4.69, 9.17) is 0 Å². The van der Waals surface area contributed by atoms with Gasteiger partial charge in [-0.3, -0.25) is 4.79 Å². The second kappa shape index (κ2) is 5.32. The highest BCUT2D eigenvalue weighted by Crippen LogP contribution is 2.44. The number of hydrogen-bond donors (Lipinski definition) is 0. The van der Waals surface area contributed by atoms with E-state index < -0.39 is 0 Å². The first-order chi connectivity index (χ1) is 9.13.